The Kier molecular flexibility index (Phi) is 5.80. The molecule has 0 unspecified atom stereocenters. The lowest BCUT2D eigenvalue weighted by atomic mass is 10.4. The number of amides is 2. The van der Waals surface area contributed by atoms with Crippen LogP contribution in [0.4, 0.5) is 0 Å². The zero-order chi connectivity index (χ0) is 18.5. The maximum Gasteiger partial charge on any atom is 0.305 e. The molecule has 132 valence electrons. The van der Waals surface area contributed by atoms with Gasteiger partial charge in [-0.2, -0.15) is 0 Å². The summed E-state index contributed by atoms with van der Waals surface area (Å²) in [5.74, 6) is -1.93. The van der Waals surface area contributed by atoms with Crippen LogP contribution in [0.3, 0.4) is 0 Å². The molecule has 3 rings (SSSR count). The fourth-order valence-corrected chi connectivity index (χ4v) is 4.40. The number of thioether (sulfide) groups is 2. The molecular formula is C19H15NO4S2. The molecule has 0 saturated carbocycles. The third kappa shape index (κ3) is 4.17. The molecule has 0 aliphatic carbocycles. The van der Waals surface area contributed by atoms with Crippen LogP contribution in [0, 0.1) is 0 Å². The predicted octanol–water partition coefficient (Wildman–Crippen LogP) is 3.63. The lowest BCUT2D eigenvalue weighted by molar-refractivity contribution is -0.140. The summed E-state index contributed by atoms with van der Waals surface area (Å²) < 4.78 is 0. The van der Waals surface area contributed by atoms with E-state index < -0.39 is 17.8 Å². The second kappa shape index (κ2) is 8.25. The highest BCUT2D eigenvalue weighted by Gasteiger charge is 2.39. The standard InChI is InChI=1S/C19H15NO4S2/c21-15(22)11-12-20-18(23)16(25-13-7-3-1-4-8-13)17(19(20)24)26-14-9-5-2-6-10-14/h1-10H,11-12H2,(H,21,22). The number of hydrogen-bond donors (Lipinski definition) is 1. The largest absolute Gasteiger partial charge is 0.481 e. The van der Waals surface area contributed by atoms with Crippen molar-refractivity contribution < 1.29 is 19.5 Å². The summed E-state index contributed by atoms with van der Waals surface area (Å²) in [7, 11) is 0. The van der Waals surface area contributed by atoms with Gasteiger partial charge in [0.1, 0.15) is 0 Å². The van der Waals surface area contributed by atoms with Gasteiger partial charge in [0.2, 0.25) is 0 Å². The van der Waals surface area contributed by atoms with Crippen molar-refractivity contribution in [3.05, 3.63) is 70.5 Å². The van der Waals surface area contributed by atoms with Gasteiger partial charge in [-0.05, 0) is 24.3 Å². The maximum atomic E-state index is 12.8. The van der Waals surface area contributed by atoms with E-state index in [-0.39, 0.29) is 13.0 Å². The maximum absolute atomic E-state index is 12.8. The molecule has 0 fully saturated rings. The predicted molar refractivity (Wildman–Crippen MR) is 101 cm³/mol. The van der Waals surface area contributed by atoms with Crippen LogP contribution in [-0.4, -0.2) is 34.3 Å². The number of aliphatic carboxylic acids is 1. The first-order chi connectivity index (χ1) is 12.6. The zero-order valence-electron chi connectivity index (χ0n) is 13.6. The van der Waals surface area contributed by atoms with Crippen molar-refractivity contribution in [2.24, 2.45) is 0 Å². The summed E-state index contributed by atoms with van der Waals surface area (Å²) in [6.07, 6.45) is -0.274. The highest BCUT2D eigenvalue weighted by atomic mass is 32.2. The molecule has 0 radical (unpaired) electrons. The van der Waals surface area contributed by atoms with Gasteiger partial charge in [-0.25, -0.2) is 0 Å². The number of hydrogen-bond acceptors (Lipinski definition) is 5. The average molecular weight is 385 g/mol. The normalized spacial score (nSPS) is 14.2. The Labute approximate surface area is 159 Å². The SMILES string of the molecule is O=C(O)CCN1C(=O)C(Sc2ccccc2)=C(Sc2ccccc2)C1=O. The lowest BCUT2D eigenvalue weighted by Crippen LogP contribution is -2.33. The Bertz CT molecular complexity index is 802. The lowest BCUT2D eigenvalue weighted by Gasteiger charge is -2.13. The molecule has 1 aliphatic rings. The summed E-state index contributed by atoms with van der Waals surface area (Å²) in [6.45, 7) is -0.134. The summed E-state index contributed by atoms with van der Waals surface area (Å²) in [5, 5.41) is 8.88. The van der Waals surface area contributed by atoms with Crippen LogP contribution in [0.25, 0.3) is 0 Å². The molecule has 0 spiro atoms. The number of benzene rings is 2. The van der Waals surface area contributed by atoms with Crippen LogP contribution in [-0.2, 0) is 14.4 Å². The van der Waals surface area contributed by atoms with Gasteiger partial charge in [-0.1, -0.05) is 59.9 Å². The Morgan fingerprint density at radius 1 is 0.808 bits per heavy atom. The summed E-state index contributed by atoms with van der Waals surface area (Å²) in [4.78, 5) is 39.7. The van der Waals surface area contributed by atoms with Gasteiger partial charge >= 0.3 is 5.97 Å². The fraction of sp³-hybridized carbons (Fsp3) is 0.105. The molecular weight excluding hydrogens is 370 g/mol. The topological polar surface area (TPSA) is 74.7 Å². The number of rotatable bonds is 7. The molecule has 0 atom stereocenters. The van der Waals surface area contributed by atoms with E-state index in [2.05, 4.69) is 0 Å². The Balaban J connectivity index is 1.92. The van der Waals surface area contributed by atoms with Crippen molar-refractivity contribution in [3.63, 3.8) is 0 Å². The minimum absolute atomic E-state index is 0.134. The molecule has 2 aromatic rings. The fourth-order valence-electron chi connectivity index (χ4n) is 2.33. The first-order valence-electron chi connectivity index (χ1n) is 7.84. The minimum atomic E-state index is -1.05. The minimum Gasteiger partial charge on any atom is -0.481 e. The van der Waals surface area contributed by atoms with Crippen molar-refractivity contribution in [2.75, 3.05) is 6.54 Å². The zero-order valence-corrected chi connectivity index (χ0v) is 15.3. The van der Waals surface area contributed by atoms with Gasteiger partial charge in [0.15, 0.2) is 0 Å². The van der Waals surface area contributed by atoms with Gasteiger partial charge < -0.3 is 5.11 Å². The van der Waals surface area contributed by atoms with E-state index >= 15 is 0 Å². The Hall–Kier alpha value is -2.51. The van der Waals surface area contributed by atoms with Gasteiger partial charge in [0.05, 0.1) is 16.2 Å². The number of carboxylic acid groups (broad SMARTS) is 1. The molecule has 7 heteroatoms. The first kappa shape index (κ1) is 18.3. The number of imide groups is 1. The second-order valence-corrected chi connectivity index (χ2v) is 7.56. The molecule has 1 heterocycles. The third-order valence-electron chi connectivity index (χ3n) is 3.56. The van der Waals surface area contributed by atoms with Crippen LogP contribution in [0.15, 0.2) is 80.3 Å². The van der Waals surface area contributed by atoms with Crippen molar-refractivity contribution >= 4 is 41.3 Å². The second-order valence-electron chi connectivity index (χ2n) is 5.39. The summed E-state index contributed by atoms with van der Waals surface area (Å²) in [5.41, 5.74) is 0. The first-order valence-corrected chi connectivity index (χ1v) is 9.47. The van der Waals surface area contributed by atoms with Gasteiger partial charge in [0.25, 0.3) is 11.8 Å². The quantitative estimate of drug-likeness (QED) is 0.734. The van der Waals surface area contributed by atoms with Crippen molar-refractivity contribution in [1.82, 2.24) is 4.90 Å². The molecule has 1 N–H and O–H groups in total. The highest BCUT2D eigenvalue weighted by molar-refractivity contribution is 8.08. The smallest absolute Gasteiger partial charge is 0.305 e. The van der Waals surface area contributed by atoms with E-state index in [4.69, 9.17) is 5.11 Å². The summed E-state index contributed by atoms with van der Waals surface area (Å²) >= 11 is 2.46. The molecule has 2 aromatic carbocycles. The molecule has 2 amide bonds. The Morgan fingerprint density at radius 2 is 1.23 bits per heavy atom. The van der Waals surface area contributed by atoms with Crippen LogP contribution >= 0.6 is 23.5 Å². The van der Waals surface area contributed by atoms with Crippen LogP contribution in [0.5, 0.6) is 0 Å². The number of nitrogens with zero attached hydrogens (tertiary/aromatic N) is 1. The average Bonchev–Trinajstić information content (AvgIpc) is 2.86. The van der Waals surface area contributed by atoms with Crippen LogP contribution in [0.1, 0.15) is 6.42 Å². The van der Waals surface area contributed by atoms with Crippen LogP contribution in [0.2, 0.25) is 0 Å². The highest BCUT2D eigenvalue weighted by Crippen LogP contribution is 2.42. The monoisotopic (exact) mass is 385 g/mol. The molecule has 5 nitrogen and oxygen atoms in total. The van der Waals surface area contributed by atoms with Crippen LogP contribution < -0.4 is 0 Å². The summed E-state index contributed by atoms with van der Waals surface area (Å²) in [6, 6.07) is 18.6. The number of carbonyl (C=O) groups excluding carboxylic acids is 2. The molecule has 26 heavy (non-hydrogen) atoms. The van der Waals surface area contributed by atoms with Crippen molar-refractivity contribution in [2.45, 2.75) is 16.2 Å². The van der Waals surface area contributed by atoms with Gasteiger partial charge in [-0.15, -0.1) is 0 Å². The molecule has 0 bridgehead atoms. The van der Waals surface area contributed by atoms with E-state index in [1.165, 1.54) is 23.5 Å². The van der Waals surface area contributed by atoms with E-state index in [1.807, 2.05) is 60.7 Å². The van der Waals surface area contributed by atoms with Crippen molar-refractivity contribution in [3.8, 4) is 0 Å². The van der Waals surface area contributed by atoms with Gasteiger partial charge in [-0.3, -0.25) is 19.3 Å². The van der Waals surface area contributed by atoms with E-state index in [1.54, 1.807) is 0 Å². The van der Waals surface area contributed by atoms with E-state index in [0.29, 0.717) is 9.81 Å². The molecule has 0 saturated heterocycles. The van der Waals surface area contributed by atoms with Gasteiger partial charge in [0, 0.05) is 16.3 Å². The third-order valence-corrected chi connectivity index (χ3v) is 5.87. The molecule has 0 aromatic heterocycles. The van der Waals surface area contributed by atoms with E-state index in [0.717, 1.165) is 14.7 Å². The number of carbonyl (C=O) groups is 3. The van der Waals surface area contributed by atoms with Crippen molar-refractivity contribution in [1.29, 1.82) is 0 Å². The molecule has 1 aliphatic heterocycles. The number of carboxylic acids is 1. The van der Waals surface area contributed by atoms with E-state index in [9.17, 15) is 14.4 Å². The Morgan fingerprint density at radius 3 is 1.62 bits per heavy atom.